The fourth-order valence-electron chi connectivity index (χ4n) is 5.35. The van der Waals surface area contributed by atoms with Crippen LogP contribution in [0.2, 0.25) is 0 Å². The van der Waals surface area contributed by atoms with Gasteiger partial charge in [0.15, 0.2) is 0 Å². The first kappa shape index (κ1) is 19.9. The molecule has 0 radical (unpaired) electrons. The third kappa shape index (κ3) is 3.85. The van der Waals surface area contributed by atoms with E-state index in [2.05, 4.69) is 34.9 Å². The average Bonchev–Trinajstić information content (AvgIpc) is 3.42. The van der Waals surface area contributed by atoms with Gasteiger partial charge in [-0.25, -0.2) is 0 Å². The minimum atomic E-state index is -0.255. The molecule has 2 aromatic carbocycles. The molecule has 1 fully saturated rings. The lowest BCUT2D eigenvalue weighted by Gasteiger charge is -2.39. The number of hydrogen-bond donors (Lipinski definition) is 2. The lowest BCUT2D eigenvalue weighted by molar-refractivity contribution is -0.119. The van der Waals surface area contributed by atoms with E-state index in [1.54, 1.807) is 0 Å². The summed E-state index contributed by atoms with van der Waals surface area (Å²) < 4.78 is 0. The summed E-state index contributed by atoms with van der Waals surface area (Å²) >= 11 is 0. The zero-order chi connectivity index (χ0) is 21.4. The summed E-state index contributed by atoms with van der Waals surface area (Å²) in [6, 6.07) is 18.1. The van der Waals surface area contributed by atoms with Crippen LogP contribution in [-0.4, -0.2) is 35.5 Å². The van der Waals surface area contributed by atoms with Crippen LogP contribution in [0, 0.1) is 12.8 Å². The number of nitrogens with zero attached hydrogens (tertiary/aromatic N) is 1. The maximum absolute atomic E-state index is 13.5. The summed E-state index contributed by atoms with van der Waals surface area (Å²) in [6.07, 6.45) is 4.34. The van der Waals surface area contributed by atoms with Gasteiger partial charge in [-0.1, -0.05) is 48.0 Å². The lowest BCUT2D eigenvalue weighted by Crippen LogP contribution is -2.61. The molecule has 2 N–H and O–H groups in total. The van der Waals surface area contributed by atoms with Gasteiger partial charge in [0, 0.05) is 23.4 Å². The molecule has 160 valence electrons. The molecule has 1 aliphatic carbocycles. The van der Waals surface area contributed by atoms with Crippen molar-refractivity contribution in [2.45, 2.75) is 51.2 Å². The zero-order valence-electron chi connectivity index (χ0n) is 17.9. The molecule has 0 bridgehead atoms. The number of carbonyl (C=O) groups is 2. The average molecular weight is 416 g/mol. The number of nitrogens with one attached hydrogen (secondary N) is 2. The highest BCUT2D eigenvalue weighted by atomic mass is 16.2. The van der Waals surface area contributed by atoms with Crippen LogP contribution in [0.3, 0.4) is 0 Å². The highest BCUT2D eigenvalue weighted by Crippen LogP contribution is 2.34. The van der Waals surface area contributed by atoms with Gasteiger partial charge in [0.1, 0.15) is 6.17 Å². The van der Waals surface area contributed by atoms with Crippen LogP contribution in [0.25, 0.3) is 0 Å². The highest BCUT2D eigenvalue weighted by Gasteiger charge is 2.45. The second-order valence-electron chi connectivity index (χ2n) is 9.00. The van der Waals surface area contributed by atoms with Crippen LogP contribution in [-0.2, 0) is 11.2 Å². The number of carbonyl (C=O) groups excluding carboxylic acids is 2. The Morgan fingerprint density at radius 1 is 1.03 bits per heavy atom. The van der Waals surface area contributed by atoms with Gasteiger partial charge in [0.05, 0.1) is 6.04 Å². The summed E-state index contributed by atoms with van der Waals surface area (Å²) in [6.45, 7) is 2.73. The normalized spacial score (nSPS) is 25.3. The van der Waals surface area contributed by atoms with E-state index < -0.39 is 0 Å². The number of allylic oxidation sites excluding steroid dienone is 1. The van der Waals surface area contributed by atoms with Crippen molar-refractivity contribution < 1.29 is 9.59 Å². The van der Waals surface area contributed by atoms with E-state index in [0.717, 1.165) is 48.9 Å². The molecule has 5 nitrogen and oxygen atoms in total. The Morgan fingerprint density at radius 2 is 1.81 bits per heavy atom. The molecule has 0 saturated carbocycles. The van der Waals surface area contributed by atoms with Gasteiger partial charge in [-0.3, -0.25) is 9.59 Å². The summed E-state index contributed by atoms with van der Waals surface area (Å²) in [4.78, 5) is 28.3. The van der Waals surface area contributed by atoms with Gasteiger partial charge < -0.3 is 15.5 Å². The largest absolute Gasteiger partial charge is 0.367 e. The summed E-state index contributed by atoms with van der Waals surface area (Å²) in [5, 5.41) is 6.79. The van der Waals surface area contributed by atoms with E-state index in [4.69, 9.17) is 0 Å². The fourth-order valence-corrected chi connectivity index (χ4v) is 5.35. The van der Waals surface area contributed by atoms with Gasteiger partial charge in [-0.15, -0.1) is 0 Å². The van der Waals surface area contributed by atoms with E-state index in [-0.39, 0.29) is 29.9 Å². The molecule has 0 aromatic heterocycles. The van der Waals surface area contributed by atoms with E-state index >= 15 is 0 Å². The van der Waals surface area contributed by atoms with Crippen LogP contribution >= 0.6 is 0 Å². The molecule has 5 rings (SSSR count). The Morgan fingerprint density at radius 3 is 2.58 bits per heavy atom. The van der Waals surface area contributed by atoms with E-state index in [0.29, 0.717) is 12.1 Å². The first-order valence-corrected chi connectivity index (χ1v) is 11.3. The first-order chi connectivity index (χ1) is 15.1. The van der Waals surface area contributed by atoms with Gasteiger partial charge in [-0.05, 0) is 62.6 Å². The lowest BCUT2D eigenvalue weighted by atomic mass is 9.89. The van der Waals surface area contributed by atoms with E-state index in [9.17, 15) is 9.59 Å². The Labute approximate surface area is 183 Å². The predicted molar refractivity (Wildman–Crippen MR) is 120 cm³/mol. The standard InChI is InChI=1S/C26H29N3O2/c1-17-10-12-19(13-11-17)26(31)29-15-14-20(16-18-6-3-2-4-7-18)23(29)24-27-22-9-5-8-21(22)25(30)28-24/h2-4,6-7,10-13,20,23-24,27H,5,8-9,14-16H2,1H3,(H,28,30). The molecule has 3 unspecified atom stereocenters. The topological polar surface area (TPSA) is 61.4 Å². The Kier molecular flexibility index (Phi) is 5.26. The fraction of sp³-hybridized carbons (Fsp3) is 0.385. The number of amides is 2. The minimum Gasteiger partial charge on any atom is -0.367 e. The first-order valence-electron chi connectivity index (χ1n) is 11.3. The minimum absolute atomic E-state index is 0.0318. The molecular weight excluding hydrogens is 386 g/mol. The van der Waals surface area contributed by atoms with Crippen molar-refractivity contribution in [2.75, 3.05) is 6.54 Å². The van der Waals surface area contributed by atoms with Gasteiger partial charge in [-0.2, -0.15) is 0 Å². The number of benzene rings is 2. The van der Waals surface area contributed by atoms with E-state index in [1.807, 2.05) is 42.2 Å². The molecule has 2 aliphatic heterocycles. The molecule has 2 heterocycles. The van der Waals surface area contributed by atoms with Gasteiger partial charge >= 0.3 is 0 Å². The molecule has 2 amide bonds. The number of aryl methyl sites for hydroxylation is 1. The molecule has 3 atom stereocenters. The van der Waals surface area contributed by atoms with Crippen molar-refractivity contribution in [3.05, 3.63) is 82.6 Å². The van der Waals surface area contributed by atoms with Crippen molar-refractivity contribution in [1.29, 1.82) is 0 Å². The van der Waals surface area contributed by atoms with Crippen LogP contribution in [0.5, 0.6) is 0 Å². The van der Waals surface area contributed by atoms with Crippen molar-refractivity contribution >= 4 is 11.8 Å². The number of rotatable bonds is 4. The molecule has 5 heteroatoms. The quantitative estimate of drug-likeness (QED) is 0.803. The predicted octanol–water partition coefficient (Wildman–Crippen LogP) is 3.55. The summed E-state index contributed by atoms with van der Waals surface area (Å²) in [5.74, 6) is 0.352. The molecule has 2 aromatic rings. The Balaban J connectivity index is 1.45. The maximum Gasteiger partial charge on any atom is 0.254 e. The van der Waals surface area contributed by atoms with Crippen molar-refractivity contribution in [3.8, 4) is 0 Å². The monoisotopic (exact) mass is 415 g/mol. The molecule has 3 aliphatic rings. The SMILES string of the molecule is Cc1ccc(C(=O)N2CCC(Cc3ccccc3)C2C2NC(=O)C3=C(CCC3)N2)cc1. The van der Waals surface area contributed by atoms with E-state index in [1.165, 1.54) is 5.56 Å². The molecular formula is C26H29N3O2. The molecule has 31 heavy (non-hydrogen) atoms. The van der Waals surface area contributed by atoms with Crippen molar-refractivity contribution in [2.24, 2.45) is 5.92 Å². The Hall–Kier alpha value is -3.08. The second kappa shape index (κ2) is 8.22. The third-order valence-electron chi connectivity index (χ3n) is 6.93. The second-order valence-corrected chi connectivity index (χ2v) is 9.00. The van der Waals surface area contributed by atoms with Crippen molar-refractivity contribution in [3.63, 3.8) is 0 Å². The van der Waals surface area contributed by atoms with Gasteiger partial charge in [0.25, 0.3) is 11.8 Å². The van der Waals surface area contributed by atoms with Crippen LogP contribution < -0.4 is 10.6 Å². The summed E-state index contributed by atoms with van der Waals surface area (Å²) in [5.41, 5.74) is 5.08. The zero-order valence-corrected chi connectivity index (χ0v) is 17.9. The van der Waals surface area contributed by atoms with Crippen LogP contribution in [0.4, 0.5) is 0 Å². The third-order valence-corrected chi connectivity index (χ3v) is 6.93. The van der Waals surface area contributed by atoms with Crippen molar-refractivity contribution in [1.82, 2.24) is 15.5 Å². The maximum atomic E-state index is 13.5. The molecule has 1 saturated heterocycles. The van der Waals surface area contributed by atoms with Gasteiger partial charge in [0.2, 0.25) is 0 Å². The highest BCUT2D eigenvalue weighted by molar-refractivity contribution is 5.96. The Bertz CT molecular complexity index is 1010. The summed E-state index contributed by atoms with van der Waals surface area (Å²) in [7, 11) is 0. The number of hydrogen-bond acceptors (Lipinski definition) is 3. The van der Waals surface area contributed by atoms with Crippen LogP contribution in [0.1, 0.15) is 47.2 Å². The smallest absolute Gasteiger partial charge is 0.254 e. The molecule has 0 spiro atoms. The number of likely N-dealkylation sites (tertiary alicyclic amines) is 1. The van der Waals surface area contributed by atoms with Crippen LogP contribution in [0.15, 0.2) is 65.9 Å².